The summed E-state index contributed by atoms with van der Waals surface area (Å²) in [7, 11) is 1.40. The van der Waals surface area contributed by atoms with Crippen molar-refractivity contribution in [1.29, 1.82) is 5.26 Å². The van der Waals surface area contributed by atoms with Crippen LogP contribution in [0.5, 0.6) is 11.6 Å². The number of aromatic nitrogens is 1. The van der Waals surface area contributed by atoms with Crippen LogP contribution in [0.25, 0.3) is 0 Å². The quantitative estimate of drug-likeness (QED) is 0.590. The summed E-state index contributed by atoms with van der Waals surface area (Å²) in [6.07, 6.45) is -3.14. The molecule has 2 aromatic carbocycles. The van der Waals surface area contributed by atoms with Gasteiger partial charge < -0.3 is 15.0 Å². The lowest BCUT2D eigenvalue weighted by atomic mass is 10.1. The van der Waals surface area contributed by atoms with Crippen molar-refractivity contribution in [3.05, 3.63) is 83.6 Å². The Morgan fingerprint density at radius 2 is 1.94 bits per heavy atom. The van der Waals surface area contributed by atoms with Gasteiger partial charge in [0.2, 0.25) is 5.88 Å². The van der Waals surface area contributed by atoms with Crippen molar-refractivity contribution in [3.8, 4) is 17.7 Å². The summed E-state index contributed by atoms with van der Waals surface area (Å²) in [5.74, 6) is 0.687. The average Bonchev–Trinajstić information content (AvgIpc) is 2.75. The fourth-order valence-corrected chi connectivity index (χ4v) is 2.75. The highest BCUT2D eigenvalue weighted by Gasteiger charge is 2.33. The van der Waals surface area contributed by atoms with Gasteiger partial charge in [-0.05, 0) is 35.9 Å². The molecule has 1 aromatic heterocycles. The van der Waals surface area contributed by atoms with E-state index in [0.717, 1.165) is 11.0 Å². The molecular weight excluding hydrogens is 409 g/mol. The van der Waals surface area contributed by atoms with Crippen molar-refractivity contribution < 1.29 is 22.7 Å². The Morgan fingerprint density at radius 1 is 1.16 bits per heavy atom. The minimum atomic E-state index is -4.50. The van der Waals surface area contributed by atoms with E-state index in [1.807, 2.05) is 6.07 Å². The lowest BCUT2D eigenvalue weighted by molar-refractivity contribution is -0.138. The maximum atomic E-state index is 13.1. The van der Waals surface area contributed by atoms with Crippen LogP contribution in [0.1, 0.15) is 16.7 Å². The zero-order valence-corrected chi connectivity index (χ0v) is 16.3. The molecule has 0 aliphatic carbocycles. The number of benzene rings is 2. The molecule has 158 valence electrons. The van der Waals surface area contributed by atoms with Gasteiger partial charge in [0.1, 0.15) is 5.75 Å². The summed E-state index contributed by atoms with van der Waals surface area (Å²) in [6, 6.07) is 16.2. The van der Waals surface area contributed by atoms with Gasteiger partial charge in [0, 0.05) is 19.7 Å². The molecule has 0 spiro atoms. The fourth-order valence-electron chi connectivity index (χ4n) is 2.75. The molecule has 0 aliphatic heterocycles. The molecule has 0 aliphatic rings. The van der Waals surface area contributed by atoms with Crippen LogP contribution < -0.4 is 10.1 Å². The highest BCUT2D eigenvalue weighted by atomic mass is 19.4. The summed E-state index contributed by atoms with van der Waals surface area (Å²) in [6.45, 7) is -0.217. The number of halogens is 3. The number of hydrogen-bond donors (Lipinski definition) is 1. The van der Waals surface area contributed by atoms with Crippen LogP contribution in [0.4, 0.5) is 23.7 Å². The van der Waals surface area contributed by atoms with Crippen LogP contribution in [0.2, 0.25) is 0 Å². The summed E-state index contributed by atoms with van der Waals surface area (Å²) >= 11 is 0. The highest BCUT2D eigenvalue weighted by Crippen LogP contribution is 2.32. The maximum absolute atomic E-state index is 13.1. The van der Waals surface area contributed by atoms with E-state index in [2.05, 4.69) is 10.3 Å². The number of alkyl halides is 3. The van der Waals surface area contributed by atoms with Gasteiger partial charge in [-0.2, -0.15) is 18.4 Å². The van der Waals surface area contributed by atoms with Crippen molar-refractivity contribution in [1.82, 2.24) is 9.88 Å². The second kappa shape index (κ2) is 9.17. The predicted octanol–water partition coefficient (Wildman–Crippen LogP) is 5.43. The van der Waals surface area contributed by atoms with Gasteiger partial charge in [0.15, 0.2) is 0 Å². The Labute approximate surface area is 176 Å². The molecular formula is C22H17F3N4O2. The number of rotatable bonds is 5. The Bertz CT molecular complexity index is 1110. The van der Waals surface area contributed by atoms with Crippen LogP contribution >= 0.6 is 0 Å². The van der Waals surface area contributed by atoms with Crippen molar-refractivity contribution in [2.75, 3.05) is 12.4 Å². The van der Waals surface area contributed by atoms with Crippen LogP contribution in [0, 0.1) is 11.3 Å². The number of pyridine rings is 1. The molecule has 0 saturated carbocycles. The third kappa shape index (κ3) is 5.73. The third-order valence-corrected chi connectivity index (χ3v) is 4.25. The first-order valence-electron chi connectivity index (χ1n) is 9.07. The maximum Gasteiger partial charge on any atom is 0.416 e. The number of nitriles is 1. The molecule has 0 atom stereocenters. The first-order valence-corrected chi connectivity index (χ1v) is 9.07. The monoisotopic (exact) mass is 426 g/mol. The van der Waals surface area contributed by atoms with E-state index in [9.17, 15) is 18.0 Å². The van der Waals surface area contributed by atoms with Crippen LogP contribution in [-0.2, 0) is 12.7 Å². The molecule has 0 bridgehead atoms. The first-order chi connectivity index (χ1) is 14.8. The van der Waals surface area contributed by atoms with Gasteiger partial charge >= 0.3 is 12.2 Å². The molecule has 0 saturated heterocycles. The average molecular weight is 426 g/mol. The van der Waals surface area contributed by atoms with E-state index in [4.69, 9.17) is 10.00 Å². The lowest BCUT2D eigenvalue weighted by Gasteiger charge is -2.20. The van der Waals surface area contributed by atoms with Crippen molar-refractivity contribution in [2.24, 2.45) is 0 Å². The fraction of sp³-hybridized carbons (Fsp3) is 0.136. The second-order valence-corrected chi connectivity index (χ2v) is 6.57. The minimum absolute atomic E-state index is 0.00544. The number of nitrogens with zero attached hydrogens (tertiary/aromatic N) is 3. The van der Waals surface area contributed by atoms with Gasteiger partial charge in [0.05, 0.1) is 29.1 Å². The number of carbonyl (C=O) groups excluding carboxylic acids is 1. The molecule has 1 N–H and O–H groups in total. The first kappa shape index (κ1) is 21.6. The number of anilines is 1. The van der Waals surface area contributed by atoms with Crippen LogP contribution in [0.15, 0.2) is 66.9 Å². The zero-order valence-electron chi connectivity index (χ0n) is 16.3. The highest BCUT2D eigenvalue weighted by molar-refractivity contribution is 5.88. The van der Waals surface area contributed by atoms with E-state index in [1.165, 1.54) is 37.5 Å². The largest absolute Gasteiger partial charge is 0.439 e. The Balaban J connectivity index is 1.62. The predicted molar refractivity (Wildman–Crippen MR) is 107 cm³/mol. The van der Waals surface area contributed by atoms with Gasteiger partial charge in [-0.3, -0.25) is 0 Å². The SMILES string of the molecule is CN(Cc1ccccc1C(F)(F)F)C(=O)Nc1ccc(Oc2cccc(C#N)c2)nc1. The molecule has 9 heteroatoms. The smallest absolute Gasteiger partial charge is 0.416 e. The van der Waals surface area contributed by atoms with Gasteiger partial charge in [-0.15, -0.1) is 0 Å². The van der Waals surface area contributed by atoms with E-state index < -0.39 is 17.8 Å². The van der Waals surface area contributed by atoms with Crippen molar-refractivity contribution >= 4 is 11.7 Å². The Hall–Kier alpha value is -4.06. The molecule has 0 unspecified atom stereocenters. The standard InChI is InChI=1S/C22H17F3N4O2/c1-29(14-16-6-2-3-8-19(16)22(23,24)25)21(30)28-17-9-10-20(27-13-17)31-18-7-4-5-15(11-18)12-26/h2-11,13H,14H2,1H3,(H,28,30). The Morgan fingerprint density at radius 3 is 2.61 bits per heavy atom. The summed E-state index contributed by atoms with van der Waals surface area (Å²) < 4.78 is 44.9. The van der Waals surface area contributed by atoms with E-state index in [0.29, 0.717) is 17.0 Å². The van der Waals surface area contributed by atoms with Gasteiger partial charge in [-0.25, -0.2) is 9.78 Å². The number of amides is 2. The number of hydrogen-bond acceptors (Lipinski definition) is 4. The molecule has 2 amide bonds. The van der Waals surface area contributed by atoms with Crippen LogP contribution in [0.3, 0.4) is 0 Å². The number of urea groups is 1. The Kier molecular flexibility index (Phi) is 6.40. The summed E-state index contributed by atoms with van der Waals surface area (Å²) in [5.41, 5.74) is 0.00278. The summed E-state index contributed by atoms with van der Waals surface area (Å²) in [5, 5.41) is 11.5. The molecule has 3 rings (SSSR count). The molecule has 0 fully saturated rings. The normalized spacial score (nSPS) is 10.8. The number of ether oxygens (including phenoxy) is 1. The zero-order chi connectivity index (χ0) is 22.4. The minimum Gasteiger partial charge on any atom is -0.439 e. The summed E-state index contributed by atoms with van der Waals surface area (Å²) in [4.78, 5) is 17.6. The van der Waals surface area contributed by atoms with E-state index in [1.54, 1.807) is 30.3 Å². The van der Waals surface area contributed by atoms with Crippen LogP contribution in [-0.4, -0.2) is 23.0 Å². The molecule has 31 heavy (non-hydrogen) atoms. The van der Waals surface area contributed by atoms with Crippen molar-refractivity contribution in [2.45, 2.75) is 12.7 Å². The van der Waals surface area contributed by atoms with Gasteiger partial charge in [0.25, 0.3) is 0 Å². The van der Waals surface area contributed by atoms with E-state index in [-0.39, 0.29) is 18.0 Å². The number of carbonyl (C=O) groups is 1. The molecule has 1 heterocycles. The number of nitrogens with one attached hydrogen (secondary N) is 1. The van der Waals surface area contributed by atoms with Crippen molar-refractivity contribution in [3.63, 3.8) is 0 Å². The van der Waals surface area contributed by atoms with Gasteiger partial charge in [-0.1, -0.05) is 24.3 Å². The lowest BCUT2D eigenvalue weighted by Crippen LogP contribution is -2.31. The molecule has 3 aromatic rings. The van der Waals surface area contributed by atoms with E-state index >= 15 is 0 Å². The molecule has 6 nitrogen and oxygen atoms in total. The second-order valence-electron chi connectivity index (χ2n) is 6.57. The third-order valence-electron chi connectivity index (χ3n) is 4.25. The molecule has 0 radical (unpaired) electrons. The topological polar surface area (TPSA) is 78.3 Å².